The number of nitrogens with two attached hydrogens (primary N) is 1. The fraction of sp³-hybridized carbons (Fsp3) is 0.538. The molecule has 0 amide bonds. The number of ether oxygens (including phenoxy) is 1. The number of phenols is 1. The Morgan fingerprint density at radius 3 is 2.50 bits per heavy atom. The van der Waals surface area contributed by atoms with Crippen LogP contribution in [-0.2, 0) is 5.41 Å². The molecule has 1 aromatic rings. The Morgan fingerprint density at radius 2 is 2.12 bits per heavy atom. The first-order valence-corrected chi connectivity index (χ1v) is 5.71. The van der Waals surface area contributed by atoms with Gasteiger partial charge >= 0.3 is 0 Å². The van der Waals surface area contributed by atoms with Gasteiger partial charge in [-0.15, -0.1) is 0 Å². The average molecular weight is 221 g/mol. The monoisotopic (exact) mass is 221 g/mol. The number of hydrogen-bond donors (Lipinski definition) is 2. The summed E-state index contributed by atoms with van der Waals surface area (Å²) in [5.41, 5.74) is 8.07. The van der Waals surface area contributed by atoms with Crippen LogP contribution in [0.5, 0.6) is 11.5 Å². The van der Waals surface area contributed by atoms with Crippen molar-refractivity contribution in [2.75, 3.05) is 13.7 Å². The lowest BCUT2D eigenvalue weighted by Gasteiger charge is -2.41. The lowest BCUT2D eigenvalue weighted by atomic mass is 9.64. The quantitative estimate of drug-likeness (QED) is 0.821. The minimum absolute atomic E-state index is 0.0918. The maximum Gasteiger partial charge on any atom is 0.163 e. The van der Waals surface area contributed by atoms with Gasteiger partial charge in [0.25, 0.3) is 0 Å². The second kappa shape index (κ2) is 3.98. The van der Waals surface area contributed by atoms with Crippen LogP contribution in [0, 0.1) is 6.92 Å². The molecule has 1 aliphatic rings. The highest BCUT2D eigenvalue weighted by atomic mass is 16.5. The van der Waals surface area contributed by atoms with Crippen molar-refractivity contribution in [1.82, 2.24) is 0 Å². The number of aromatic hydroxyl groups is 1. The van der Waals surface area contributed by atoms with Gasteiger partial charge in [-0.2, -0.15) is 0 Å². The van der Waals surface area contributed by atoms with Gasteiger partial charge in [0, 0.05) is 12.0 Å². The molecule has 3 heteroatoms. The van der Waals surface area contributed by atoms with Gasteiger partial charge in [0.1, 0.15) is 0 Å². The van der Waals surface area contributed by atoms with Gasteiger partial charge in [0.15, 0.2) is 11.5 Å². The van der Waals surface area contributed by atoms with E-state index < -0.39 is 0 Å². The van der Waals surface area contributed by atoms with Crippen LogP contribution in [0.1, 0.15) is 30.4 Å². The largest absolute Gasteiger partial charge is 0.504 e. The third-order valence-corrected chi connectivity index (χ3v) is 3.77. The van der Waals surface area contributed by atoms with Crippen molar-refractivity contribution in [2.45, 2.75) is 31.6 Å². The molecule has 1 aromatic carbocycles. The number of benzene rings is 1. The van der Waals surface area contributed by atoms with E-state index >= 15 is 0 Å². The predicted molar refractivity (Wildman–Crippen MR) is 64.0 cm³/mol. The van der Waals surface area contributed by atoms with Crippen molar-refractivity contribution < 1.29 is 9.84 Å². The minimum Gasteiger partial charge on any atom is -0.504 e. The Labute approximate surface area is 96.2 Å². The Hall–Kier alpha value is -1.22. The average Bonchev–Trinajstić information content (AvgIpc) is 2.16. The molecule has 16 heavy (non-hydrogen) atoms. The summed E-state index contributed by atoms with van der Waals surface area (Å²) in [6.07, 6.45) is 3.46. The molecule has 0 atom stereocenters. The van der Waals surface area contributed by atoms with Crippen molar-refractivity contribution in [3.8, 4) is 11.5 Å². The van der Waals surface area contributed by atoms with Crippen LogP contribution >= 0.6 is 0 Å². The molecule has 0 radical (unpaired) electrons. The van der Waals surface area contributed by atoms with Crippen molar-refractivity contribution in [2.24, 2.45) is 5.73 Å². The van der Waals surface area contributed by atoms with Gasteiger partial charge in [0.2, 0.25) is 0 Å². The van der Waals surface area contributed by atoms with E-state index in [0.717, 1.165) is 24.0 Å². The van der Waals surface area contributed by atoms with Crippen molar-refractivity contribution in [3.63, 3.8) is 0 Å². The maximum absolute atomic E-state index is 9.88. The number of phenolic OH excluding ortho intramolecular Hbond substituents is 1. The first-order chi connectivity index (χ1) is 7.63. The molecule has 1 aliphatic carbocycles. The summed E-state index contributed by atoms with van der Waals surface area (Å²) >= 11 is 0. The molecule has 0 aromatic heterocycles. The summed E-state index contributed by atoms with van der Waals surface area (Å²) in [6, 6.07) is 3.89. The molecule has 0 spiro atoms. The molecule has 3 N–H and O–H groups in total. The van der Waals surface area contributed by atoms with Gasteiger partial charge in [-0.1, -0.05) is 12.5 Å². The molecule has 0 heterocycles. The summed E-state index contributed by atoms with van der Waals surface area (Å²) in [4.78, 5) is 0. The fourth-order valence-electron chi connectivity index (χ4n) is 2.54. The molecule has 3 nitrogen and oxygen atoms in total. The third kappa shape index (κ3) is 1.55. The van der Waals surface area contributed by atoms with E-state index in [1.165, 1.54) is 6.42 Å². The van der Waals surface area contributed by atoms with Gasteiger partial charge < -0.3 is 15.6 Å². The Balaban J connectivity index is 2.43. The first-order valence-electron chi connectivity index (χ1n) is 5.71. The second-order valence-corrected chi connectivity index (χ2v) is 4.68. The Kier molecular flexibility index (Phi) is 2.80. The lowest BCUT2D eigenvalue weighted by Crippen LogP contribution is -2.41. The molecule has 0 unspecified atom stereocenters. The Bertz CT molecular complexity index is 368. The van der Waals surface area contributed by atoms with Crippen LogP contribution < -0.4 is 10.5 Å². The zero-order chi connectivity index (χ0) is 11.8. The molecular weight excluding hydrogens is 202 g/mol. The molecule has 0 aliphatic heterocycles. The van der Waals surface area contributed by atoms with E-state index in [1.807, 2.05) is 6.92 Å². The lowest BCUT2D eigenvalue weighted by molar-refractivity contribution is 0.251. The molecule has 88 valence electrons. The van der Waals surface area contributed by atoms with Crippen molar-refractivity contribution >= 4 is 0 Å². The summed E-state index contributed by atoms with van der Waals surface area (Å²) in [5.74, 6) is 0.785. The van der Waals surface area contributed by atoms with Gasteiger partial charge in [-0.25, -0.2) is 0 Å². The van der Waals surface area contributed by atoms with Gasteiger partial charge in [-0.05, 0) is 37.0 Å². The summed E-state index contributed by atoms with van der Waals surface area (Å²) in [6.45, 7) is 2.60. The summed E-state index contributed by atoms with van der Waals surface area (Å²) in [7, 11) is 1.57. The predicted octanol–water partition coefficient (Wildman–Crippen LogP) is 2.09. The van der Waals surface area contributed by atoms with E-state index in [-0.39, 0.29) is 11.2 Å². The zero-order valence-corrected chi connectivity index (χ0v) is 9.92. The summed E-state index contributed by atoms with van der Waals surface area (Å²) in [5, 5.41) is 9.88. The Morgan fingerprint density at radius 1 is 1.44 bits per heavy atom. The van der Waals surface area contributed by atoms with Crippen LogP contribution in [0.4, 0.5) is 0 Å². The number of rotatable bonds is 3. The topological polar surface area (TPSA) is 55.5 Å². The number of aryl methyl sites for hydroxylation is 1. The van der Waals surface area contributed by atoms with E-state index in [2.05, 4.69) is 6.07 Å². The maximum atomic E-state index is 9.88. The van der Waals surface area contributed by atoms with Crippen LogP contribution in [0.2, 0.25) is 0 Å². The first kappa shape index (κ1) is 11.3. The van der Waals surface area contributed by atoms with E-state index in [4.69, 9.17) is 10.5 Å². The van der Waals surface area contributed by atoms with E-state index in [0.29, 0.717) is 12.3 Å². The fourth-order valence-corrected chi connectivity index (χ4v) is 2.54. The number of methoxy groups -OCH3 is 1. The van der Waals surface area contributed by atoms with Crippen LogP contribution in [-0.4, -0.2) is 18.8 Å². The third-order valence-electron chi connectivity index (χ3n) is 3.77. The standard InChI is InChI=1S/C13H19NO2/c1-9-6-10(7-11(15)12(9)16-2)13(8-14)4-3-5-13/h6-7,15H,3-5,8,14H2,1-2H3. The van der Waals surface area contributed by atoms with Crippen LogP contribution in [0.15, 0.2) is 12.1 Å². The second-order valence-electron chi connectivity index (χ2n) is 4.68. The highest BCUT2D eigenvalue weighted by molar-refractivity contribution is 5.50. The molecule has 1 saturated carbocycles. The minimum atomic E-state index is 0.0918. The van der Waals surface area contributed by atoms with E-state index in [1.54, 1.807) is 13.2 Å². The van der Waals surface area contributed by atoms with Gasteiger partial charge in [0.05, 0.1) is 7.11 Å². The summed E-state index contributed by atoms with van der Waals surface area (Å²) < 4.78 is 5.15. The van der Waals surface area contributed by atoms with Crippen molar-refractivity contribution in [3.05, 3.63) is 23.3 Å². The number of hydrogen-bond acceptors (Lipinski definition) is 3. The zero-order valence-electron chi connectivity index (χ0n) is 9.92. The smallest absolute Gasteiger partial charge is 0.163 e. The molecule has 0 bridgehead atoms. The van der Waals surface area contributed by atoms with Crippen molar-refractivity contribution in [1.29, 1.82) is 0 Å². The van der Waals surface area contributed by atoms with E-state index in [9.17, 15) is 5.11 Å². The normalized spacial score (nSPS) is 17.9. The highest BCUT2D eigenvalue weighted by Crippen LogP contribution is 2.45. The SMILES string of the molecule is COc1c(C)cc(C2(CN)CCC2)cc1O. The van der Waals surface area contributed by atoms with Crippen LogP contribution in [0.25, 0.3) is 0 Å². The molecule has 0 saturated heterocycles. The molecule has 2 rings (SSSR count). The highest BCUT2D eigenvalue weighted by Gasteiger charge is 2.37. The van der Waals surface area contributed by atoms with Crippen LogP contribution in [0.3, 0.4) is 0 Å². The van der Waals surface area contributed by atoms with Gasteiger partial charge in [-0.3, -0.25) is 0 Å². The molecule has 1 fully saturated rings. The molecular formula is C13H19NO2.